The molecular weight excluding hydrogens is 384 g/mol. The van der Waals surface area contributed by atoms with Gasteiger partial charge in [-0.15, -0.1) is 0 Å². The fraction of sp³-hybridized carbons (Fsp3) is 0.409. The summed E-state index contributed by atoms with van der Waals surface area (Å²) < 4.78 is 20.1. The van der Waals surface area contributed by atoms with Crippen molar-refractivity contribution in [1.82, 2.24) is 19.6 Å². The van der Waals surface area contributed by atoms with Crippen LogP contribution in [-0.2, 0) is 21.3 Å². The highest BCUT2D eigenvalue weighted by Crippen LogP contribution is 2.35. The molecule has 0 saturated carbocycles. The van der Waals surface area contributed by atoms with Gasteiger partial charge in [0.15, 0.2) is 12.3 Å². The van der Waals surface area contributed by atoms with Crippen molar-refractivity contribution >= 4 is 22.9 Å². The second kappa shape index (κ2) is 8.31. The van der Waals surface area contributed by atoms with Gasteiger partial charge in [0.2, 0.25) is 5.88 Å². The third-order valence-electron chi connectivity index (χ3n) is 5.37. The number of aryl methyl sites for hydroxylation is 1. The molecule has 8 nitrogen and oxygen atoms in total. The van der Waals surface area contributed by atoms with Gasteiger partial charge in [0.05, 0.1) is 30.1 Å². The van der Waals surface area contributed by atoms with E-state index in [0.717, 1.165) is 53.6 Å². The second-order valence-corrected chi connectivity index (χ2v) is 7.36. The fourth-order valence-electron chi connectivity index (χ4n) is 3.76. The molecule has 3 heterocycles. The van der Waals surface area contributed by atoms with Crippen LogP contribution < -0.4 is 4.74 Å². The predicted molar refractivity (Wildman–Crippen MR) is 113 cm³/mol. The zero-order valence-electron chi connectivity index (χ0n) is 17.5. The number of methoxy groups -OCH3 is 1. The minimum Gasteiger partial charge on any atom is -0.466 e. The Morgan fingerprint density at radius 3 is 2.93 bits per heavy atom. The van der Waals surface area contributed by atoms with Crippen LogP contribution in [0.15, 0.2) is 31.0 Å². The monoisotopic (exact) mass is 410 g/mol. The van der Waals surface area contributed by atoms with Crippen LogP contribution in [0.3, 0.4) is 0 Å². The molecule has 0 spiro atoms. The molecule has 2 aromatic heterocycles. The van der Waals surface area contributed by atoms with Crippen LogP contribution in [0.2, 0.25) is 0 Å². The van der Waals surface area contributed by atoms with Crippen LogP contribution in [0.5, 0.6) is 5.88 Å². The number of rotatable bonds is 6. The number of hydrogen-bond acceptors (Lipinski definition) is 6. The van der Waals surface area contributed by atoms with Gasteiger partial charge in [-0.3, -0.25) is 0 Å². The van der Waals surface area contributed by atoms with Gasteiger partial charge < -0.3 is 14.2 Å². The molecule has 3 aromatic rings. The number of fused-ring (bicyclic) bond motifs is 1. The van der Waals surface area contributed by atoms with E-state index in [1.54, 1.807) is 30.9 Å². The predicted octanol–water partition coefficient (Wildman–Crippen LogP) is 3.72. The number of carbonyl (C=O) groups excluding carboxylic acids is 1. The van der Waals surface area contributed by atoms with E-state index in [-0.39, 0.29) is 6.23 Å². The fourth-order valence-corrected chi connectivity index (χ4v) is 3.76. The highest BCUT2D eigenvalue weighted by molar-refractivity contribution is 5.91. The SMILES string of the molecule is C=Cc1nn(C2CCCCO2)c2ccc(-c3cnn(C)c3OC(C)C(=O)OC)cc12. The van der Waals surface area contributed by atoms with Crippen LogP contribution in [0.4, 0.5) is 0 Å². The van der Waals surface area contributed by atoms with Gasteiger partial charge in [-0.1, -0.05) is 12.6 Å². The largest absolute Gasteiger partial charge is 0.466 e. The second-order valence-electron chi connectivity index (χ2n) is 7.36. The number of nitrogens with zero attached hydrogens (tertiary/aromatic N) is 4. The smallest absolute Gasteiger partial charge is 0.346 e. The molecular formula is C22H26N4O4. The third-order valence-corrected chi connectivity index (χ3v) is 5.37. The van der Waals surface area contributed by atoms with Crippen molar-refractivity contribution in [1.29, 1.82) is 0 Å². The molecule has 1 aromatic carbocycles. The molecule has 158 valence electrons. The van der Waals surface area contributed by atoms with E-state index in [1.807, 2.05) is 22.9 Å². The van der Waals surface area contributed by atoms with Crippen molar-refractivity contribution in [2.45, 2.75) is 38.5 Å². The molecule has 8 heteroatoms. The topological polar surface area (TPSA) is 80.4 Å². The molecule has 0 bridgehead atoms. The zero-order valence-corrected chi connectivity index (χ0v) is 17.5. The average molecular weight is 410 g/mol. The maximum absolute atomic E-state index is 11.8. The summed E-state index contributed by atoms with van der Waals surface area (Å²) in [6, 6.07) is 6.08. The van der Waals surface area contributed by atoms with Gasteiger partial charge in [0, 0.05) is 19.0 Å². The molecule has 2 unspecified atom stereocenters. The van der Waals surface area contributed by atoms with E-state index in [2.05, 4.69) is 11.7 Å². The summed E-state index contributed by atoms with van der Waals surface area (Å²) in [5.41, 5.74) is 3.49. The third kappa shape index (κ3) is 3.59. The van der Waals surface area contributed by atoms with Crippen molar-refractivity contribution in [3.05, 3.63) is 36.7 Å². The lowest BCUT2D eigenvalue weighted by Crippen LogP contribution is -2.26. The van der Waals surface area contributed by atoms with Crippen LogP contribution in [0.1, 0.15) is 38.1 Å². The van der Waals surface area contributed by atoms with Crippen molar-refractivity contribution in [3.8, 4) is 17.0 Å². The lowest BCUT2D eigenvalue weighted by molar-refractivity contribution is -0.148. The Hall–Kier alpha value is -3.13. The first-order valence-corrected chi connectivity index (χ1v) is 10.1. The lowest BCUT2D eigenvalue weighted by Gasteiger charge is -2.23. The molecule has 0 amide bonds. The number of carbonyl (C=O) groups is 1. The Bertz CT molecular complexity index is 1080. The minimum atomic E-state index is -0.747. The van der Waals surface area contributed by atoms with Crippen molar-refractivity contribution in [2.24, 2.45) is 7.05 Å². The molecule has 0 radical (unpaired) electrons. The van der Waals surface area contributed by atoms with E-state index in [4.69, 9.17) is 19.3 Å². The summed E-state index contributed by atoms with van der Waals surface area (Å²) in [4.78, 5) is 11.8. The molecule has 1 aliphatic rings. The first-order chi connectivity index (χ1) is 14.5. The lowest BCUT2D eigenvalue weighted by atomic mass is 10.1. The molecule has 1 fully saturated rings. The van der Waals surface area contributed by atoms with Crippen molar-refractivity contribution in [2.75, 3.05) is 13.7 Å². The van der Waals surface area contributed by atoms with Gasteiger partial charge in [-0.05, 0) is 50.0 Å². The first kappa shape index (κ1) is 20.2. The highest BCUT2D eigenvalue weighted by Gasteiger charge is 2.23. The molecule has 1 saturated heterocycles. The summed E-state index contributed by atoms with van der Waals surface area (Å²) in [6.45, 7) is 6.32. The molecule has 30 heavy (non-hydrogen) atoms. The van der Waals surface area contributed by atoms with Gasteiger partial charge in [-0.2, -0.15) is 10.2 Å². The number of aromatic nitrogens is 4. The Morgan fingerprint density at radius 2 is 2.23 bits per heavy atom. The maximum atomic E-state index is 11.8. The summed E-state index contributed by atoms with van der Waals surface area (Å²) in [5.74, 6) is 0.0516. The average Bonchev–Trinajstić information content (AvgIpc) is 3.33. The summed E-state index contributed by atoms with van der Waals surface area (Å²) in [6.07, 6.45) is 5.83. The number of ether oxygens (including phenoxy) is 3. The van der Waals surface area contributed by atoms with Crippen molar-refractivity contribution in [3.63, 3.8) is 0 Å². The number of esters is 1. The van der Waals surface area contributed by atoms with Crippen molar-refractivity contribution < 1.29 is 19.0 Å². The van der Waals surface area contributed by atoms with Gasteiger partial charge >= 0.3 is 5.97 Å². The Labute approximate surface area is 175 Å². The summed E-state index contributed by atoms with van der Waals surface area (Å²) in [7, 11) is 3.11. The maximum Gasteiger partial charge on any atom is 0.346 e. The molecule has 1 aliphatic heterocycles. The van der Waals surface area contributed by atoms with E-state index < -0.39 is 12.1 Å². The van der Waals surface area contributed by atoms with Crippen LogP contribution >= 0.6 is 0 Å². The minimum absolute atomic E-state index is 0.0565. The van der Waals surface area contributed by atoms with Gasteiger partial charge in [0.1, 0.15) is 0 Å². The number of benzene rings is 1. The Balaban J connectivity index is 1.74. The standard InChI is InChI=1S/C22H26N4O4/c1-5-18-16-12-15(9-10-19(16)26(24-18)20-8-6-7-11-29-20)17-13-23-25(3)21(17)30-14(2)22(27)28-4/h5,9-10,12-14,20H,1,6-8,11H2,2-4H3. The highest BCUT2D eigenvalue weighted by atomic mass is 16.6. The normalized spacial score (nSPS) is 17.6. The Morgan fingerprint density at radius 1 is 1.40 bits per heavy atom. The van der Waals surface area contributed by atoms with Crippen LogP contribution in [0.25, 0.3) is 28.1 Å². The van der Waals surface area contributed by atoms with Crippen LogP contribution in [0, 0.1) is 0 Å². The molecule has 0 N–H and O–H groups in total. The first-order valence-electron chi connectivity index (χ1n) is 10.1. The summed E-state index contributed by atoms with van der Waals surface area (Å²) >= 11 is 0. The van der Waals surface area contributed by atoms with E-state index in [0.29, 0.717) is 5.88 Å². The van der Waals surface area contributed by atoms with Gasteiger partial charge in [0.25, 0.3) is 0 Å². The van der Waals surface area contributed by atoms with E-state index in [9.17, 15) is 4.79 Å². The number of hydrogen-bond donors (Lipinski definition) is 0. The quantitative estimate of drug-likeness (QED) is 0.576. The Kier molecular flexibility index (Phi) is 5.59. The van der Waals surface area contributed by atoms with E-state index >= 15 is 0 Å². The molecule has 2 atom stereocenters. The zero-order chi connectivity index (χ0) is 21.3. The van der Waals surface area contributed by atoms with E-state index in [1.165, 1.54) is 7.11 Å². The van der Waals surface area contributed by atoms with Gasteiger partial charge in [-0.25, -0.2) is 14.2 Å². The molecule has 4 rings (SSSR count). The van der Waals surface area contributed by atoms with Crippen LogP contribution in [-0.4, -0.2) is 45.4 Å². The molecule has 0 aliphatic carbocycles. The summed E-state index contributed by atoms with van der Waals surface area (Å²) in [5, 5.41) is 10.0.